The molecule has 1 unspecified atom stereocenters. The molecular formula is C11H13ClO4S. The summed E-state index contributed by atoms with van der Waals surface area (Å²) in [5, 5.41) is 8.13. The normalized spacial score (nSPS) is 13.3. The van der Waals surface area contributed by atoms with Crippen molar-refractivity contribution in [3.05, 3.63) is 34.9 Å². The van der Waals surface area contributed by atoms with Gasteiger partial charge < -0.3 is 5.11 Å². The Morgan fingerprint density at radius 3 is 2.65 bits per heavy atom. The lowest BCUT2D eigenvalue weighted by atomic mass is 10.2. The Hall–Kier alpha value is -1.07. The Bertz CT molecular complexity index is 510. The van der Waals surface area contributed by atoms with Crippen LogP contribution in [0.25, 0.3) is 0 Å². The van der Waals surface area contributed by atoms with Crippen LogP contribution in [0.15, 0.2) is 24.3 Å². The number of sulfone groups is 1. The second kappa shape index (κ2) is 5.51. The van der Waals surface area contributed by atoms with Gasteiger partial charge in [-0.25, -0.2) is 8.42 Å². The highest BCUT2D eigenvalue weighted by Gasteiger charge is 2.23. The van der Waals surface area contributed by atoms with E-state index in [9.17, 15) is 13.2 Å². The molecule has 0 aromatic heterocycles. The molecule has 0 bridgehead atoms. The predicted octanol–water partition coefficient (Wildman–Crippen LogP) is 2.12. The van der Waals surface area contributed by atoms with Crippen LogP contribution in [-0.2, 0) is 20.4 Å². The lowest BCUT2D eigenvalue weighted by Crippen LogP contribution is -2.22. The van der Waals surface area contributed by atoms with E-state index < -0.39 is 21.1 Å². The van der Waals surface area contributed by atoms with Crippen LogP contribution in [0.4, 0.5) is 0 Å². The van der Waals surface area contributed by atoms with E-state index in [0.717, 1.165) is 0 Å². The molecule has 0 amide bonds. The van der Waals surface area contributed by atoms with Crippen molar-refractivity contribution in [3.8, 4) is 0 Å². The van der Waals surface area contributed by atoms with Crippen LogP contribution >= 0.6 is 11.6 Å². The average Bonchev–Trinajstić information content (AvgIpc) is 2.15. The first-order chi connectivity index (χ1) is 7.81. The van der Waals surface area contributed by atoms with Crippen LogP contribution in [0, 0.1) is 0 Å². The highest BCUT2D eigenvalue weighted by molar-refractivity contribution is 7.91. The van der Waals surface area contributed by atoms with Crippen molar-refractivity contribution in [1.29, 1.82) is 0 Å². The van der Waals surface area contributed by atoms with Gasteiger partial charge >= 0.3 is 5.97 Å². The fraction of sp³-hybridized carbons (Fsp3) is 0.364. The zero-order valence-electron chi connectivity index (χ0n) is 9.26. The molecule has 17 heavy (non-hydrogen) atoms. The Balaban J connectivity index is 2.83. The average molecular weight is 277 g/mol. The topological polar surface area (TPSA) is 71.4 Å². The summed E-state index contributed by atoms with van der Waals surface area (Å²) >= 11 is 5.75. The molecule has 1 rings (SSSR count). The van der Waals surface area contributed by atoms with E-state index >= 15 is 0 Å². The number of benzene rings is 1. The zero-order chi connectivity index (χ0) is 13.1. The van der Waals surface area contributed by atoms with Gasteiger partial charge in [0.25, 0.3) is 0 Å². The fourth-order valence-corrected chi connectivity index (χ4v) is 2.91. The van der Waals surface area contributed by atoms with Gasteiger partial charge in [0.05, 0.1) is 17.4 Å². The fourth-order valence-electron chi connectivity index (χ4n) is 1.37. The number of halogens is 1. The van der Waals surface area contributed by atoms with E-state index in [1.807, 2.05) is 0 Å². The van der Waals surface area contributed by atoms with Crippen molar-refractivity contribution < 1.29 is 18.3 Å². The summed E-state index contributed by atoms with van der Waals surface area (Å²) < 4.78 is 23.7. The van der Waals surface area contributed by atoms with Crippen LogP contribution in [0.2, 0.25) is 5.02 Å². The minimum absolute atomic E-state index is 0.192. The van der Waals surface area contributed by atoms with Crippen molar-refractivity contribution in [3.63, 3.8) is 0 Å². The molecule has 94 valence electrons. The summed E-state index contributed by atoms with van der Waals surface area (Å²) in [4.78, 5) is 10.5. The lowest BCUT2D eigenvalue weighted by Gasteiger charge is -2.10. The standard InChI is InChI=1S/C11H13ClO4S/c1-8(5-11(13)14)17(15,16)7-9-3-2-4-10(12)6-9/h2-4,6,8H,5,7H2,1H3,(H,13,14). The summed E-state index contributed by atoms with van der Waals surface area (Å²) in [5.41, 5.74) is 0.565. The minimum atomic E-state index is -3.46. The monoisotopic (exact) mass is 276 g/mol. The van der Waals surface area contributed by atoms with Crippen LogP contribution in [0.5, 0.6) is 0 Å². The molecule has 0 radical (unpaired) electrons. The van der Waals surface area contributed by atoms with E-state index in [1.54, 1.807) is 24.3 Å². The van der Waals surface area contributed by atoms with E-state index in [4.69, 9.17) is 16.7 Å². The van der Waals surface area contributed by atoms with Crippen LogP contribution in [-0.4, -0.2) is 24.7 Å². The quantitative estimate of drug-likeness (QED) is 0.894. The molecule has 0 fully saturated rings. The molecule has 0 heterocycles. The summed E-state index contributed by atoms with van der Waals surface area (Å²) in [7, 11) is -3.46. The maximum atomic E-state index is 11.8. The van der Waals surface area contributed by atoms with Gasteiger partial charge in [0.1, 0.15) is 0 Å². The van der Waals surface area contributed by atoms with Gasteiger partial charge in [-0.05, 0) is 24.6 Å². The van der Waals surface area contributed by atoms with Crippen LogP contribution in [0.3, 0.4) is 0 Å². The van der Waals surface area contributed by atoms with Gasteiger partial charge in [-0.2, -0.15) is 0 Å². The molecule has 0 saturated carbocycles. The number of carboxylic acid groups (broad SMARTS) is 1. The first-order valence-electron chi connectivity index (χ1n) is 4.99. The van der Waals surface area contributed by atoms with Crippen molar-refractivity contribution >= 4 is 27.4 Å². The molecule has 4 nitrogen and oxygen atoms in total. The van der Waals surface area contributed by atoms with E-state index in [-0.39, 0.29) is 12.2 Å². The number of carbonyl (C=O) groups is 1. The minimum Gasteiger partial charge on any atom is -0.481 e. The number of rotatable bonds is 5. The molecule has 1 atom stereocenters. The van der Waals surface area contributed by atoms with E-state index in [2.05, 4.69) is 0 Å². The van der Waals surface area contributed by atoms with Gasteiger partial charge in [0.15, 0.2) is 9.84 Å². The molecule has 1 aromatic rings. The van der Waals surface area contributed by atoms with Crippen molar-refractivity contribution in [2.75, 3.05) is 0 Å². The summed E-state index contributed by atoms with van der Waals surface area (Å²) in [6.07, 6.45) is -0.386. The molecule has 0 spiro atoms. The van der Waals surface area contributed by atoms with Crippen LogP contribution < -0.4 is 0 Å². The van der Waals surface area contributed by atoms with Crippen molar-refractivity contribution in [2.24, 2.45) is 0 Å². The van der Waals surface area contributed by atoms with Gasteiger partial charge in [0.2, 0.25) is 0 Å². The van der Waals surface area contributed by atoms with Crippen molar-refractivity contribution in [1.82, 2.24) is 0 Å². The Morgan fingerprint density at radius 2 is 2.12 bits per heavy atom. The third-order valence-electron chi connectivity index (χ3n) is 2.33. The largest absolute Gasteiger partial charge is 0.481 e. The van der Waals surface area contributed by atoms with Gasteiger partial charge in [-0.3, -0.25) is 4.79 Å². The van der Waals surface area contributed by atoms with E-state index in [1.165, 1.54) is 6.92 Å². The summed E-state index contributed by atoms with van der Waals surface area (Å²) in [6, 6.07) is 6.52. The Kier molecular flexibility index (Phi) is 4.54. The third-order valence-corrected chi connectivity index (χ3v) is 4.70. The predicted molar refractivity (Wildman–Crippen MR) is 65.8 cm³/mol. The number of aliphatic carboxylic acids is 1. The number of carboxylic acids is 1. The summed E-state index contributed by atoms with van der Waals surface area (Å²) in [6.45, 7) is 1.40. The number of hydrogen-bond acceptors (Lipinski definition) is 3. The number of hydrogen-bond donors (Lipinski definition) is 1. The van der Waals surface area contributed by atoms with Gasteiger partial charge in [-0.1, -0.05) is 23.7 Å². The first kappa shape index (κ1) is 14.0. The maximum absolute atomic E-state index is 11.8. The smallest absolute Gasteiger partial charge is 0.304 e. The molecular weight excluding hydrogens is 264 g/mol. The molecule has 1 N–H and O–H groups in total. The third kappa shape index (κ3) is 4.36. The highest BCUT2D eigenvalue weighted by Crippen LogP contribution is 2.17. The summed E-state index contributed by atoms with van der Waals surface area (Å²) in [5.74, 6) is -1.31. The SMILES string of the molecule is CC(CC(=O)O)S(=O)(=O)Cc1cccc(Cl)c1. The van der Waals surface area contributed by atoms with E-state index in [0.29, 0.717) is 10.6 Å². The molecule has 0 aliphatic heterocycles. The lowest BCUT2D eigenvalue weighted by molar-refractivity contribution is -0.136. The van der Waals surface area contributed by atoms with Gasteiger partial charge in [-0.15, -0.1) is 0 Å². The van der Waals surface area contributed by atoms with Gasteiger partial charge in [0, 0.05) is 5.02 Å². The molecule has 0 aliphatic carbocycles. The Morgan fingerprint density at radius 1 is 1.47 bits per heavy atom. The second-order valence-electron chi connectivity index (χ2n) is 3.85. The first-order valence-corrected chi connectivity index (χ1v) is 7.08. The Labute approximate surface area is 105 Å². The highest BCUT2D eigenvalue weighted by atomic mass is 35.5. The van der Waals surface area contributed by atoms with Crippen molar-refractivity contribution in [2.45, 2.75) is 24.3 Å². The molecule has 0 saturated heterocycles. The molecule has 1 aromatic carbocycles. The molecule has 6 heteroatoms. The van der Waals surface area contributed by atoms with Crippen LogP contribution in [0.1, 0.15) is 18.9 Å². The molecule has 0 aliphatic rings. The second-order valence-corrected chi connectivity index (χ2v) is 6.70. The zero-order valence-corrected chi connectivity index (χ0v) is 10.8. The maximum Gasteiger partial charge on any atom is 0.304 e.